The summed E-state index contributed by atoms with van der Waals surface area (Å²) in [5.41, 5.74) is 4.36. The molecule has 20 heavy (non-hydrogen) atoms. The van der Waals surface area contributed by atoms with Crippen molar-refractivity contribution in [1.29, 1.82) is 0 Å². The third-order valence-electron chi connectivity index (χ3n) is 2.66. The van der Waals surface area contributed by atoms with Gasteiger partial charge in [0, 0.05) is 19.8 Å². The van der Waals surface area contributed by atoms with Gasteiger partial charge in [-0.3, -0.25) is 9.00 Å². The first-order valence-corrected chi connectivity index (χ1v) is 6.85. The first-order chi connectivity index (χ1) is 9.05. The van der Waals surface area contributed by atoms with Crippen molar-refractivity contribution >= 4 is 22.4 Å². The molecule has 2 unspecified atom stereocenters. The molecule has 2 atom stereocenters. The van der Waals surface area contributed by atoms with Gasteiger partial charge in [0.05, 0.1) is 21.3 Å². The first kappa shape index (κ1) is 16.5. The van der Waals surface area contributed by atoms with Gasteiger partial charge in [-0.25, -0.2) is 0 Å². The molecule has 1 amide bonds. The molecule has 0 heterocycles. The average Bonchev–Trinajstić information content (AvgIpc) is 2.34. The lowest BCUT2D eigenvalue weighted by Crippen LogP contribution is -2.34. The monoisotopic (exact) mass is 308 g/mol. The number of rotatable bonds is 3. The molecule has 0 aromatic heterocycles. The van der Waals surface area contributed by atoms with Crippen LogP contribution in [0.4, 0.5) is 18.9 Å². The lowest BCUT2D eigenvalue weighted by atomic mass is 10.2. The molecular formula is C12H15F3N2O2S. The van der Waals surface area contributed by atoms with Crippen LogP contribution < -0.4 is 5.73 Å². The van der Waals surface area contributed by atoms with Crippen molar-refractivity contribution in [2.24, 2.45) is 0 Å². The maximum atomic E-state index is 12.5. The molecule has 0 aliphatic carbocycles. The van der Waals surface area contributed by atoms with E-state index in [2.05, 4.69) is 0 Å². The van der Waals surface area contributed by atoms with Crippen LogP contribution in [0.3, 0.4) is 0 Å². The molecule has 0 aliphatic rings. The van der Waals surface area contributed by atoms with Crippen molar-refractivity contribution in [2.45, 2.75) is 23.2 Å². The summed E-state index contributed by atoms with van der Waals surface area (Å²) in [6, 6.07) is 2.57. The van der Waals surface area contributed by atoms with Gasteiger partial charge < -0.3 is 10.6 Å². The van der Waals surface area contributed by atoms with Gasteiger partial charge in [-0.1, -0.05) is 0 Å². The Morgan fingerprint density at radius 2 is 1.90 bits per heavy atom. The third-order valence-corrected chi connectivity index (χ3v) is 4.31. The molecule has 0 saturated heterocycles. The molecule has 112 valence electrons. The zero-order chi connectivity index (χ0) is 15.7. The minimum absolute atomic E-state index is 0.0284. The van der Waals surface area contributed by atoms with Crippen LogP contribution in [-0.4, -0.2) is 34.4 Å². The highest BCUT2D eigenvalue weighted by Gasteiger charge is 2.32. The van der Waals surface area contributed by atoms with Gasteiger partial charge in [0.15, 0.2) is 0 Å². The Morgan fingerprint density at radius 1 is 1.35 bits per heavy atom. The van der Waals surface area contributed by atoms with Gasteiger partial charge >= 0.3 is 6.18 Å². The summed E-state index contributed by atoms with van der Waals surface area (Å²) in [7, 11) is 1.20. The molecule has 2 N–H and O–H groups in total. The predicted molar refractivity (Wildman–Crippen MR) is 70.4 cm³/mol. The zero-order valence-corrected chi connectivity index (χ0v) is 12.0. The minimum atomic E-state index is -4.51. The molecule has 4 nitrogen and oxygen atoms in total. The number of carbonyl (C=O) groups is 1. The number of amides is 1. The molecule has 0 radical (unpaired) electrons. The summed E-state index contributed by atoms with van der Waals surface area (Å²) in [6.07, 6.45) is -4.51. The van der Waals surface area contributed by atoms with E-state index in [9.17, 15) is 22.2 Å². The molecule has 0 saturated carbocycles. The second kappa shape index (κ2) is 5.82. The SMILES string of the molecule is CC(C(=O)N(C)C)S(=O)c1ccc(C(F)(F)F)cc1N. The van der Waals surface area contributed by atoms with E-state index < -0.39 is 27.8 Å². The van der Waals surface area contributed by atoms with Crippen molar-refractivity contribution in [2.75, 3.05) is 19.8 Å². The molecule has 0 spiro atoms. The Bertz CT molecular complexity index is 544. The van der Waals surface area contributed by atoms with E-state index in [-0.39, 0.29) is 16.5 Å². The van der Waals surface area contributed by atoms with E-state index in [0.717, 1.165) is 18.2 Å². The van der Waals surface area contributed by atoms with Crippen LogP contribution in [0, 0.1) is 0 Å². The highest BCUT2D eigenvalue weighted by molar-refractivity contribution is 7.86. The summed E-state index contributed by atoms with van der Waals surface area (Å²) < 4.78 is 49.7. The zero-order valence-electron chi connectivity index (χ0n) is 11.2. The van der Waals surface area contributed by atoms with Crippen LogP contribution in [0.25, 0.3) is 0 Å². The van der Waals surface area contributed by atoms with Crippen molar-refractivity contribution in [1.82, 2.24) is 4.90 Å². The van der Waals surface area contributed by atoms with Crippen molar-refractivity contribution < 1.29 is 22.2 Å². The molecule has 8 heteroatoms. The first-order valence-electron chi connectivity index (χ1n) is 5.64. The van der Waals surface area contributed by atoms with Gasteiger partial charge in [0.1, 0.15) is 5.25 Å². The highest BCUT2D eigenvalue weighted by Crippen LogP contribution is 2.32. The molecular weight excluding hydrogens is 293 g/mol. The van der Waals surface area contributed by atoms with Gasteiger partial charge in [0.25, 0.3) is 0 Å². The van der Waals surface area contributed by atoms with Crippen molar-refractivity contribution in [3.63, 3.8) is 0 Å². The summed E-state index contributed by atoms with van der Waals surface area (Å²) >= 11 is 0. The Hall–Kier alpha value is -1.57. The largest absolute Gasteiger partial charge is 0.416 e. The number of nitrogen functional groups attached to an aromatic ring is 1. The number of anilines is 1. The second-order valence-corrected chi connectivity index (χ2v) is 6.16. The molecule has 1 aromatic rings. The highest BCUT2D eigenvalue weighted by atomic mass is 32.2. The van der Waals surface area contributed by atoms with E-state index >= 15 is 0 Å². The fourth-order valence-electron chi connectivity index (χ4n) is 1.55. The Kier molecular flexibility index (Phi) is 4.80. The number of nitrogens with two attached hydrogens (primary N) is 1. The molecule has 1 rings (SSSR count). The fourth-order valence-corrected chi connectivity index (χ4v) is 2.82. The number of halogens is 3. The number of nitrogens with zero attached hydrogens (tertiary/aromatic N) is 1. The second-order valence-electron chi connectivity index (χ2n) is 4.42. The quantitative estimate of drug-likeness (QED) is 0.867. The van der Waals surface area contributed by atoms with Crippen LogP contribution >= 0.6 is 0 Å². The summed E-state index contributed by atoms with van der Waals surface area (Å²) in [5.74, 6) is -0.386. The normalized spacial score (nSPS) is 14.7. The number of hydrogen-bond donors (Lipinski definition) is 1. The number of hydrogen-bond acceptors (Lipinski definition) is 3. The topological polar surface area (TPSA) is 63.4 Å². The van der Waals surface area contributed by atoms with Gasteiger partial charge in [-0.05, 0) is 25.1 Å². The average molecular weight is 308 g/mol. The van der Waals surface area contributed by atoms with Gasteiger partial charge in [-0.2, -0.15) is 13.2 Å². The van der Waals surface area contributed by atoms with Gasteiger partial charge in [-0.15, -0.1) is 0 Å². The van der Waals surface area contributed by atoms with E-state index in [1.807, 2.05) is 0 Å². The molecule has 0 fully saturated rings. The van der Waals surface area contributed by atoms with Crippen LogP contribution in [0.15, 0.2) is 23.1 Å². The Labute approximate surface area is 117 Å². The standard InChI is InChI=1S/C12H15F3N2O2S/c1-7(11(18)17(2)3)20(19)10-5-4-8(6-9(10)16)12(13,14)15/h4-7H,16H2,1-3H3. The van der Waals surface area contributed by atoms with Crippen molar-refractivity contribution in [3.8, 4) is 0 Å². The molecule has 1 aromatic carbocycles. The van der Waals surface area contributed by atoms with Crippen LogP contribution in [-0.2, 0) is 21.8 Å². The number of carbonyl (C=O) groups excluding carboxylic acids is 1. The number of benzene rings is 1. The maximum absolute atomic E-state index is 12.5. The Balaban J connectivity index is 3.10. The molecule has 0 aliphatic heterocycles. The smallest absolute Gasteiger partial charge is 0.398 e. The van der Waals surface area contributed by atoms with E-state index in [1.165, 1.54) is 25.9 Å². The van der Waals surface area contributed by atoms with E-state index in [0.29, 0.717) is 0 Å². The lowest BCUT2D eigenvalue weighted by molar-refractivity contribution is -0.137. The molecule has 0 bridgehead atoms. The third kappa shape index (κ3) is 3.50. The lowest BCUT2D eigenvalue weighted by Gasteiger charge is -2.17. The van der Waals surface area contributed by atoms with Crippen LogP contribution in [0.5, 0.6) is 0 Å². The summed E-state index contributed by atoms with van der Waals surface area (Å²) in [6.45, 7) is 1.44. The van der Waals surface area contributed by atoms with E-state index in [4.69, 9.17) is 5.73 Å². The summed E-state index contributed by atoms with van der Waals surface area (Å²) in [4.78, 5) is 13.0. The maximum Gasteiger partial charge on any atom is 0.416 e. The van der Waals surface area contributed by atoms with E-state index in [1.54, 1.807) is 0 Å². The Morgan fingerprint density at radius 3 is 2.30 bits per heavy atom. The predicted octanol–water partition coefficient (Wildman–Crippen LogP) is 1.87. The van der Waals surface area contributed by atoms with Gasteiger partial charge in [0.2, 0.25) is 5.91 Å². The number of alkyl halides is 3. The minimum Gasteiger partial charge on any atom is -0.398 e. The van der Waals surface area contributed by atoms with Crippen molar-refractivity contribution in [3.05, 3.63) is 23.8 Å². The summed E-state index contributed by atoms with van der Waals surface area (Å²) in [5, 5.41) is -0.885. The van der Waals surface area contributed by atoms with Crippen LogP contribution in [0.1, 0.15) is 12.5 Å². The van der Waals surface area contributed by atoms with Crippen LogP contribution in [0.2, 0.25) is 0 Å². The fraction of sp³-hybridized carbons (Fsp3) is 0.417.